The number of hydrogen-bond acceptors (Lipinski definition) is 4. The molecule has 0 spiro atoms. The van der Waals surface area contributed by atoms with Gasteiger partial charge in [0, 0.05) is 19.3 Å². The Bertz CT molecular complexity index is 685. The summed E-state index contributed by atoms with van der Waals surface area (Å²) in [7, 11) is -1.57. The first-order chi connectivity index (χ1) is 12.3. The van der Waals surface area contributed by atoms with Gasteiger partial charge >= 0.3 is 6.03 Å². The van der Waals surface area contributed by atoms with Crippen molar-refractivity contribution in [3.05, 3.63) is 24.3 Å². The van der Waals surface area contributed by atoms with E-state index in [1.807, 2.05) is 0 Å². The van der Waals surface area contributed by atoms with Gasteiger partial charge in [-0.25, -0.2) is 13.2 Å². The van der Waals surface area contributed by atoms with E-state index < -0.39 is 10.0 Å². The van der Waals surface area contributed by atoms with Crippen LogP contribution in [-0.2, 0) is 10.0 Å². The second-order valence-electron chi connectivity index (χ2n) is 6.92. The number of rotatable bonds is 7. The lowest BCUT2D eigenvalue weighted by Crippen LogP contribution is -2.34. The van der Waals surface area contributed by atoms with Crippen LogP contribution in [0.2, 0.25) is 0 Å². The van der Waals surface area contributed by atoms with Gasteiger partial charge in [-0.1, -0.05) is 18.9 Å². The highest BCUT2D eigenvalue weighted by Gasteiger charge is 2.12. The number of urea groups is 1. The van der Waals surface area contributed by atoms with Gasteiger partial charge in [-0.05, 0) is 57.1 Å². The van der Waals surface area contributed by atoms with Gasteiger partial charge < -0.3 is 15.1 Å². The van der Waals surface area contributed by atoms with E-state index in [0.29, 0.717) is 17.9 Å². The van der Waals surface area contributed by atoms with Gasteiger partial charge in [0.25, 0.3) is 0 Å². The van der Waals surface area contributed by atoms with Crippen molar-refractivity contribution in [3.63, 3.8) is 0 Å². The number of amides is 2. The first-order valence-corrected chi connectivity index (χ1v) is 11.0. The van der Waals surface area contributed by atoms with E-state index in [1.54, 1.807) is 36.2 Å². The molecule has 1 aromatic rings. The molecule has 2 rings (SSSR count). The normalized spacial score (nSPS) is 15.9. The van der Waals surface area contributed by atoms with E-state index in [-0.39, 0.29) is 6.03 Å². The zero-order valence-electron chi connectivity index (χ0n) is 15.7. The molecule has 0 aliphatic carbocycles. The van der Waals surface area contributed by atoms with Crippen molar-refractivity contribution in [2.45, 2.75) is 32.1 Å². The van der Waals surface area contributed by atoms with Crippen molar-refractivity contribution in [3.8, 4) is 0 Å². The van der Waals surface area contributed by atoms with Crippen molar-refractivity contribution in [1.82, 2.24) is 9.80 Å². The van der Waals surface area contributed by atoms with Crippen LogP contribution in [0.25, 0.3) is 0 Å². The fourth-order valence-corrected chi connectivity index (χ4v) is 3.64. The van der Waals surface area contributed by atoms with E-state index in [9.17, 15) is 13.2 Å². The van der Waals surface area contributed by atoms with Crippen LogP contribution in [0, 0.1) is 0 Å². The number of nitrogens with zero attached hydrogens (tertiary/aromatic N) is 2. The van der Waals surface area contributed by atoms with Gasteiger partial charge in [0.1, 0.15) is 0 Å². The highest BCUT2D eigenvalue weighted by Crippen LogP contribution is 2.16. The molecular weight excluding hydrogens is 352 g/mol. The Balaban J connectivity index is 1.78. The Hall–Kier alpha value is -1.80. The number of benzene rings is 1. The summed E-state index contributed by atoms with van der Waals surface area (Å²) in [6.45, 7) is 4.03. The van der Waals surface area contributed by atoms with Crippen LogP contribution in [0.4, 0.5) is 16.2 Å². The van der Waals surface area contributed by atoms with Crippen molar-refractivity contribution < 1.29 is 13.2 Å². The lowest BCUT2D eigenvalue weighted by Gasteiger charge is -2.22. The van der Waals surface area contributed by atoms with E-state index in [1.165, 1.54) is 25.7 Å². The second kappa shape index (κ2) is 9.78. The minimum absolute atomic E-state index is 0.197. The highest BCUT2D eigenvalue weighted by molar-refractivity contribution is 7.92. The summed E-state index contributed by atoms with van der Waals surface area (Å²) in [4.78, 5) is 16.5. The van der Waals surface area contributed by atoms with Gasteiger partial charge in [0.05, 0.1) is 11.9 Å². The Labute approximate surface area is 156 Å². The smallest absolute Gasteiger partial charge is 0.321 e. The number of likely N-dealkylation sites (tertiary alicyclic amines) is 1. The predicted molar refractivity (Wildman–Crippen MR) is 106 cm³/mol. The molecule has 1 heterocycles. The SMILES string of the molecule is CN(CCCN1CCCCCC1)C(=O)Nc1cccc(NS(C)(=O)=O)c1. The molecule has 8 heteroatoms. The Morgan fingerprint density at radius 1 is 1.15 bits per heavy atom. The summed E-state index contributed by atoms with van der Waals surface area (Å²) in [6.07, 6.45) is 7.23. The van der Waals surface area contributed by atoms with Gasteiger partial charge in [-0.15, -0.1) is 0 Å². The molecule has 1 aliphatic heterocycles. The van der Waals surface area contributed by atoms with Crippen LogP contribution >= 0.6 is 0 Å². The van der Waals surface area contributed by atoms with Crippen molar-refractivity contribution >= 4 is 27.4 Å². The van der Waals surface area contributed by atoms with E-state index >= 15 is 0 Å². The molecule has 2 amide bonds. The molecule has 2 N–H and O–H groups in total. The third-order valence-corrected chi connectivity index (χ3v) is 5.04. The maximum absolute atomic E-state index is 12.3. The number of nitrogens with one attached hydrogen (secondary N) is 2. The molecule has 0 saturated carbocycles. The quantitative estimate of drug-likeness (QED) is 0.760. The average Bonchev–Trinajstić information content (AvgIpc) is 2.82. The molecule has 1 saturated heterocycles. The van der Waals surface area contributed by atoms with Crippen LogP contribution in [0.5, 0.6) is 0 Å². The van der Waals surface area contributed by atoms with Crippen molar-refractivity contribution in [1.29, 1.82) is 0 Å². The third kappa shape index (κ3) is 7.61. The summed E-state index contributed by atoms with van der Waals surface area (Å²) in [5, 5.41) is 2.80. The zero-order valence-corrected chi connectivity index (χ0v) is 16.5. The van der Waals surface area contributed by atoms with Gasteiger partial charge in [-0.3, -0.25) is 4.72 Å². The Morgan fingerprint density at radius 3 is 2.46 bits per heavy atom. The molecule has 0 unspecified atom stereocenters. The van der Waals surface area contributed by atoms with Crippen LogP contribution in [0.15, 0.2) is 24.3 Å². The van der Waals surface area contributed by atoms with Crippen LogP contribution in [-0.4, -0.2) is 63.7 Å². The van der Waals surface area contributed by atoms with E-state index in [4.69, 9.17) is 0 Å². The van der Waals surface area contributed by atoms with Crippen LogP contribution < -0.4 is 10.0 Å². The minimum atomic E-state index is -3.34. The molecule has 0 aromatic heterocycles. The summed E-state index contributed by atoms with van der Waals surface area (Å²) in [6, 6.07) is 6.47. The summed E-state index contributed by atoms with van der Waals surface area (Å²) < 4.78 is 25.0. The predicted octanol–water partition coefficient (Wildman–Crippen LogP) is 2.79. The second-order valence-corrected chi connectivity index (χ2v) is 8.66. The zero-order chi connectivity index (χ0) is 19.0. The standard InChI is InChI=1S/C18H30N4O3S/c1-21(11-8-14-22-12-5-3-4-6-13-22)18(23)19-16-9-7-10-17(15-16)20-26(2,24)25/h7,9-10,15,20H,3-6,8,11-14H2,1-2H3,(H,19,23). The Morgan fingerprint density at radius 2 is 1.81 bits per heavy atom. The average molecular weight is 383 g/mol. The van der Waals surface area contributed by atoms with Gasteiger partial charge in [0.2, 0.25) is 10.0 Å². The lowest BCUT2D eigenvalue weighted by molar-refractivity contribution is 0.215. The highest BCUT2D eigenvalue weighted by atomic mass is 32.2. The van der Waals surface area contributed by atoms with Gasteiger partial charge in [-0.2, -0.15) is 0 Å². The van der Waals surface area contributed by atoms with Gasteiger partial charge in [0.15, 0.2) is 0 Å². The summed E-state index contributed by atoms with van der Waals surface area (Å²) >= 11 is 0. The number of carbonyl (C=O) groups excluding carboxylic acids is 1. The summed E-state index contributed by atoms with van der Waals surface area (Å²) in [5.41, 5.74) is 0.983. The maximum atomic E-state index is 12.3. The molecule has 0 atom stereocenters. The fraction of sp³-hybridized carbons (Fsp3) is 0.611. The molecule has 1 aromatic carbocycles. The Kier molecular flexibility index (Phi) is 7.71. The third-order valence-electron chi connectivity index (χ3n) is 4.43. The minimum Gasteiger partial charge on any atom is -0.328 e. The number of carbonyl (C=O) groups is 1. The number of hydrogen-bond donors (Lipinski definition) is 2. The van der Waals surface area contributed by atoms with Crippen molar-refractivity contribution in [2.24, 2.45) is 0 Å². The lowest BCUT2D eigenvalue weighted by atomic mass is 10.2. The topological polar surface area (TPSA) is 81.8 Å². The van der Waals surface area contributed by atoms with E-state index in [2.05, 4.69) is 14.9 Å². The first kappa shape index (κ1) is 20.5. The number of sulfonamides is 1. The monoisotopic (exact) mass is 382 g/mol. The molecule has 26 heavy (non-hydrogen) atoms. The molecule has 146 valence electrons. The molecular formula is C18H30N4O3S. The van der Waals surface area contributed by atoms with Crippen LogP contribution in [0.1, 0.15) is 32.1 Å². The molecule has 0 radical (unpaired) electrons. The maximum Gasteiger partial charge on any atom is 0.321 e. The molecule has 7 nitrogen and oxygen atoms in total. The number of anilines is 2. The van der Waals surface area contributed by atoms with E-state index in [0.717, 1.165) is 32.3 Å². The van der Waals surface area contributed by atoms with Crippen LogP contribution in [0.3, 0.4) is 0 Å². The largest absolute Gasteiger partial charge is 0.328 e. The van der Waals surface area contributed by atoms with Crippen molar-refractivity contribution in [2.75, 3.05) is 49.5 Å². The first-order valence-electron chi connectivity index (χ1n) is 9.16. The summed E-state index contributed by atoms with van der Waals surface area (Å²) in [5.74, 6) is 0. The molecule has 1 fully saturated rings. The fourth-order valence-electron chi connectivity index (χ4n) is 3.09. The molecule has 0 bridgehead atoms. The molecule has 1 aliphatic rings.